The number of carbonyl (C=O) groups is 1. The summed E-state index contributed by atoms with van der Waals surface area (Å²) in [5.41, 5.74) is 1.02. The molecule has 108 valence electrons. The minimum atomic E-state index is -1.70. The summed E-state index contributed by atoms with van der Waals surface area (Å²) in [5.74, 6) is -0.252. The quantitative estimate of drug-likeness (QED) is 0.606. The summed E-state index contributed by atoms with van der Waals surface area (Å²) in [7, 11) is -0.289. The second kappa shape index (κ2) is 6.20. The number of rotatable bonds is 5. The van der Waals surface area contributed by atoms with E-state index in [2.05, 4.69) is 33.9 Å². The van der Waals surface area contributed by atoms with Crippen LogP contribution in [0.2, 0.25) is 18.1 Å². The van der Waals surface area contributed by atoms with Crippen LogP contribution in [0.1, 0.15) is 36.0 Å². The maximum Gasteiger partial charge on any atom is 0.348 e. The van der Waals surface area contributed by atoms with Crippen LogP contribution in [-0.2, 0) is 15.6 Å². The highest BCUT2D eigenvalue weighted by atomic mass is 32.1. The van der Waals surface area contributed by atoms with Crippen molar-refractivity contribution in [3.63, 3.8) is 0 Å². The van der Waals surface area contributed by atoms with Crippen LogP contribution in [0, 0.1) is 0 Å². The van der Waals surface area contributed by atoms with Crippen molar-refractivity contribution >= 4 is 25.6 Å². The lowest BCUT2D eigenvalue weighted by Gasteiger charge is -2.36. The Balaban J connectivity index is 2.60. The molecule has 0 saturated carbocycles. The Hall–Kier alpha value is -0.653. The van der Waals surface area contributed by atoms with Crippen molar-refractivity contribution in [3.05, 3.63) is 21.9 Å². The first-order valence-electron chi connectivity index (χ1n) is 6.47. The molecule has 1 aromatic rings. The first-order valence-corrected chi connectivity index (χ1v) is 10.3. The summed E-state index contributed by atoms with van der Waals surface area (Å²) < 4.78 is 10.9. The lowest BCUT2D eigenvalue weighted by atomic mass is 10.2. The van der Waals surface area contributed by atoms with E-state index in [-0.39, 0.29) is 11.0 Å². The van der Waals surface area contributed by atoms with E-state index >= 15 is 0 Å². The van der Waals surface area contributed by atoms with Crippen molar-refractivity contribution in [2.24, 2.45) is 0 Å². The van der Waals surface area contributed by atoms with Gasteiger partial charge in [0.1, 0.15) is 4.88 Å². The highest BCUT2D eigenvalue weighted by Crippen LogP contribution is 2.36. The maximum atomic E-state index is 11.6. The highest BCUT2D eigenvalue weighted by Gasteiger charge is 2.36. The predicted octanol–water partition coefficient (Wildman–Crippen LogP) is 4.10. The normalized spacial score (nSPS) is 12.5. The fourth-order valence-corrected chi connectivity index (χ4v) is 3.35. The first kappa shape index (κ1) is 16.4. The average Bonchev–Trinajstić information content (AvgIpc) is 2.74. The van der Waals surface area contributed by atoms with Crippen LogP contribution in [0.4, 0.5) is 0 Å². The topological polar surface area (TPSA) is 35.5 Å². The molecule has 0 saturated heterocycles. The molecule has 0 fully saturated rings. The molecule has 1 rings (SSSR count). The van der Waals surface area contributed by atoms with E-state index in [0.717, 1.165) is 12.0 Å². The molecule has 5 heteroatoms. The molecule has 19 heavy (non-hydrogen) atoms. The lowest BCUT2D eigenvalue weighted by molar-refractivity contribution is 0.0605. The molecule has 0 spiro atoms. The Morgan fingerprint density at radius 1 is 1.37 bits per heavy atom. The van der Waals surface area contributed by atoms with E-state index < -0.39 is 8.32 Å². The molecule has 0 aliphatic carbocycles. The third kappa shape index (κ3) is 4.16. The number of hydrogen-bond donors (Lipinski definition) is 0. The minimum Gasteiger partial charge on any atom is -0.465 e. The van der Waals surface area contributed by atoms with Crippen molar-refractivity contribution in [1.82, 2.24) is 0 Å². The van der Waals surface area contributed by atoms with Gasteiger partial charge in [0, 0.05) is 6.61 Å². The van der Waals surface area contributed by atoms with Gasteiger partial charge in [0.2, 0.25) is 0 Å². The molecule has 0 atom stereocenters. The van der Waals surface area contributed by atoms with Gasteiger partial charge in [-0.3, -0.25) is 0 Å². The average molecular weight is 300 g/mol. The van der Waals surface area contributed by atoms with Crippen molar-refractivity contribution < 1.29 is 14.0 Å². The molecular weight excluding hydrogens is 276 g/mol. The van der Waals surface area contributed by atoms with Gasteiger partial charge in [0.15, 0.2) is 8.32 Å². The first-order chi connectivity index (χ1) is 8.69. The third-order valence-corrected chi connectivity index (χ3v) is 9.23. The molecule has 3 nitrogen and oxygen atoms in total. The molecular formula is C14H24O3SSi. The summed E-state index contributed by atoms with van der Waals surface area (Å²) >= 11 is 1.43. The molecule has 0 bridgehead atoms. The van der Waals surface area contributed by atoms with Gasteiger partial charge in [-0.2, -0.15) is 0 Å². The lowest BCUT2D eigenvalue weighted by Crippen LogP contribution is -2.41. The Morgan fingerprint density at radius 2 is 2.00 bits per heavy atom. The van der Waals surface area contributed by atoms with E-state index in [4.69, 9.17) is 9.16 Å². The van der Waals surface area contributed by atoms with E-state index in [1.54, 1.807) is 0 Å². The van der Waals surface area contributed by atoms with E-state index in [1.807, 2.05) is 11.4 Å². The molecule has 0 N–H and O–H groups in total. The fourth-order valence-electron chi connectivity index (χ4n) is 1.44. The number of ether oxygens (including phenoxy) is 1. The van der Waals surface area contributed by atoms with Gasteiger partial charge >= 0.3 is 5.97 Å². The predicted molar refractivity (Wildman–Crippen MR) is 82.5 cm³/mol. The van der Waals surface area contributed by atoms with Crippen molar-refractivity contribution in [2.45, 2.75) is 45.3 Å². The van der Waals surface area contributed by atoms with E-state index in [1.165, 1.54) is 18.4 Å². The van der Waals surface area contributed by atoms with Crippen LogP contribution in [-0.4, -0.2) is 28.0 Å². The second-order valence-electron chi connectivity index (χ2n) is 6.13. The third-order valence-electron chi connectivity index (χ3n) is 3.76. The number of thiophene rings is 1. The maximum absolute atomic E-state index is 11.6. The van der Waals surface area contributed by atoms with Gasteiger partial charge in [-0.15, -0.1) is 11.3 Å². The summed E-state index contributed by atoms with van der Waals surface area (Å²) in [5, 5.41) is 2.14. The number of hydrogen-bond acceptors (Lipinski definition) is 4. The van der Waals surface area contributed by atoms with Gasteiger partial charge in [-0.1, -0.05) is 20.8 Å². The summed E-state index contributed by atoms with van der Waals surface area (Å²) in [6.45, 7) is 11.8. The zero-order valence-corrected chi connectivity index (χ0v) is 14.5. The van der Waals surface area contributed by atoms with Crippen LogP contribution in [0.25, 0.3) is 0 Å². The Kier molecular flexibility index (Phi) is 5.35. The van der Waals surface area contributed by atoms with Gasteiger partial charge in [0.25, 0.3) is 0 Å². The zero-order valence-electron chi connectivity index (χ0n) is 12.7. The van der Waals surface area contributed by atoms with Crippen LogP contribution in [0.15, 0.2) is 11.4 Å². The highest BCUT2D eigenvalue weighted by molar-refractivity contribution is 7.12. The van der Waals surface area contributed by atoms with Gasteiger partial charge in [0.05, 0.1) is 7.11 Å². The molecule has 0 aliphatic rings. The van der Waals surface area contributed by atoms with Crippen molar-refractivity contribution in [2.75, 3.05) is 13.7 Å². The molecule has 0 aromatic carbocycles. The van der Waals surface area contributed by atoms with Crippen LogP contribution in [0.5, 0.6) is 0 Å². The number of carbonyl (C=O) groups excluding carboxylic acids is 1. The molecule has 1 heterocycles. The molecule has 0 amide bonds. The Bertz CT molecular complexity index is 432. The van der Waals surface area contributed by atoms with Crippen LogP contribution < -0.4 is 0 Å². The van der Waals surface area contributed by atoms with Gasteiger partial charge in [-0.25, -0.2) is 4.79 Å². The largest absolute Gasteiger partial charge is 0.465 e. The summed E-state index contributed by atoms with van der Waals surface area (Å²) in [4.78, 5) is 12.3. The minimum absolute atomic E-state index is 0.215. The summed E-state index contributed by atoms with van der Waals surface area (Å²) in [6, 6.07) is 1.98. The van der Waals surface area contributed by atoms with Crippen LogP contribution >= 0.6 is 11.3 Å². The number of methoxy groups -OCH3 is 1. The van der Waals surface area contributed by atoms with Crippen LogP contribution in [0.3, 0.4) is 0 Å². The SMILES string of the molecule is COC(=O)c1sccc1CCO[Si](C)(C)C(C)(C)C. The Morgan fingerprint density at radius 3 is 2.53 bits per heavy atom. The van der Waals surface area contributed by atoms with E-state index in [9.17, 15) is 4.79 Å². The second-order valence-corrected chi connectivity index (χ2v) is 11.9. The van der Waals surface area contributed by atoms with E-state index in [0.29, 0.717) is 11.5 Å². The summed E-state index contributed by atoms with van der Waals surface area (Å²) in [6.07, 6.45) is 0.764. The zero-order chi connectivity index (χ0) is 14.7. The molecule has 0 unspecified atom stereocenters. The monoisotopic (exact) mass is 300 g/mol. The smallest absolute Gasteiger partial charge is 0.348 e. The van der Waals surface area contributed by atoms with Crippen molar-refractivity contribution in [3.8, 4) is 0 Å². The number of esters is 1. The van der Waals surface area contributed by atoms with Gasteiger partial charge < -0.3 is 9.16 Å². The molecule has 0 aliphatic heterocycles. The molecule has 0 radical (unpaired) electrons. The standard InChI is InChI=1S/C14H24O3SSi/c1-14(2,3)19(5,6)17-9-7-11-8-10-18-12(11)13(15)16-4/h8,10H,7,9H2,1-6H3. The Labute approximate surface area is 121 Å². The van der Waals surface area contributed by atoms with Gasteiger partial charge in [-0.05, 0) is 41.6 Å². The fraction of sp³-hybridized carbons (Fsp3) is 0.643. The molecule has 1 aromatic heterocycles. The van der Waals surface area contributed by atoms with Crippen molar-refractivity contribution in [1.29, 1.82) is 0 Å².